The predicted molar refractivity (Wildman–Crippen MR) is 376 cm³/mol. The van der Waals surface area contributed by atoms with Crippen LogP contribution in [0.1, 0.15) is 0 Å². The molecule has 0 aromatic heterocycles. The monoisotopic (exact) mass is 2130 g/mol. The third-order valence-electron chi connectivity index (χ3n) is 6.59. The smallest absolute Gasteiger partial charge is 0.408 e. The highest BCUT2D eigenvalue weighted by atomic mass is 32.3. The van der Waals surface area contributed by atoms with E-state index in [1.807, 2.05) is 0 Å². The molecule has 0 amide bonds. The largest absolute Gasteiger partial charge is 0.412 e. The lowest BCUT2D eigenvalue weighted by molar-refractivity contribution is -0.374. The van der Waals surface area contributed by atoms with Crippen LogP contribution in [0.2, 0.25) is 0 Å². The second kappa shape index (κ2) is 136. The van der Waals surface area contributed by atoms with Crippen molar-refractivity contribution in [3.8, 4) is 0 Å². The molecule has 688 valence electrons. The first-order valence-corrected chi connectivity index (χ1v) is 28.5. The number of hydrogen-bond donors (Lipinski definition) is 0. The molecule has 0 spiro atoms. The predicted octanol–water partition coefficient (Wildman–Crippen LogP) is -46.5. The van der Waals surface area contributed by atoms with Gasteiger partial charge in [-0.15, -0.1) is 0 Å². The van der Waals surface area contributed by atoms with Gasteiger partial charge in [-0.2, -0.15) is 67.3 Å². The van der Waals surface area contributed by atoms with Gasteiger partial charge in [0.2, 0.25) is 5.79 Å². The molecule has 2 aliphatic rings. The average Bonchev–Trinajstić information content (AvgIpc) is 1.98. The Hall–Kier alpha value is 5.76. The molecule has 111 heavy (non-hydrogen) atoms. The van der Waals surface area contributed by atoms with Crippen LogP contribution in [0.3, 0.4) is 0 Å². The summed E-state index contributed by atoms with van der Waals surface area (Å²) in [5.74, 6) is -3.80. The third-order valence-corrected chi connectivity index (χ3v) is 17.7. The summed E-state index contributed by atoms with van der Waals surface area (Å²) >= 11 is 9.26. The van der Waals surface area contributed by atoms with E-state index in [0.29, 0.717) is 0 Å². The van der Waals surface area contributed by atoms with E-state index in [9.17, 15) is 67.3 Å². The molecule has 0 saturated carbocycles. The quantitative estimate of drug-likeness (QED) is 0.0628. The summed E-state index contributed by atoms with van der Waals surface area (Å²) in [5.41, 5.74) is 0. The molecule has 0 aromatic carbocycles. The van der Waals surface area contributed by atoms with Gasteiger partial charge in [0.15, 0.2) is 18.5 Å². The number of hydrogen-bond acceptors (Lipinski definition) is 35. The van der Waals surface area contributed by atoms with Crippen LogP contribution < -0.4 is 0 Å². The fourth-order valence-electron chi connectivity index (χ4n) is 4.41. The maximum absolute atomic E-state index is 12.9. The van der Waals surface area contributed by atoms with Crippen molar-refractivity contribution >= 4 is 355 Å². The van der Waals surface area contributed by atoms with E-state index in [1.165, 1.54) is 33.2 Å². The molecule has 2 rings (SSSR count). The molecule has 2 heterocycles. The summed E-state index contributed by atoms with van der Waals surface area (Å²) in [6, 6.07) is 0. The number of ether oxygens (including phenoxy) is 3. The van der Waals surface area contributed by atoms with Gasteiger partial charge in [0, 0.05) is 139 Å². The van der Waals surface area contributed by atoms with E-state index >= 15 is 0 Å². The van der Waals surface area contributed by atoms with Gasteiger partial charge in [-0.25, -0.2) is 33.5 Å². The van der Waals surface area contributed by atoms with Crippen molar-refractivity contribution in [3.63, 3.8) is 0 Å². The summed E-state index contributed by atoms with van der Waals surface area (Å²) in [6.07, 6.45) is -23.4. The van der Waals surface area contributed by atoms with Gasteiger partial charge in [0.05, 0.1) is 13.2 Å². The topological polar surface area (TPSA) is 1710 Å². The Balaban J connectivity index is -0.0000000190. The summed E-state index contributed by atoms with van der Waals surface area (Å²) < 4.78 is 288. The Kier molecular flexibility index (Phi) is 395. The van der Waals surface area contributed by atoms with Crippen molar-refractivity contribution < 1.29 is 360 Å². The lowest BCUT2D eigenvalue weighted by atomic mass is 9.99. The molecule has 9 atom stereocenters. The van der Waals surface area contributed by atoms with Gasteiger partial charge in [-0.3, -0.25) is 0 Å². The second-order valence-electron chi connectivity index (χ2n) is 10.3. The zero-order chi connectivity index (χ0) is 48.7. The van der Waals surface area contributed by atoms with Crippen molar-refractivity contribution in [1.82, 2.24) is 0 Å². The maximum atomic E-state index is 12.9. The van der Waals surface area contributed by atoms with Crippen molar-refractivity contribution in [2.75, 3.05) is 19.8 Å². The summed E-state index contributed by atoms with van der Waals surface area (Å²) in [4.78, 5) is 0. The van der Waals surface area contributed by atoms with E-state index in [4.69, 9.17) is 35.1 Å². The Morgan fingerprint density at radius 1 is 0.234 bits per heavy atom. The maximum Gasteiger partial charge on any atom is 0.408 e. The van der Waals surface area contributed by atoms with Crippen LogP contribution >= 0.6 is 0 Å². The van der Waals surface area contributed by atoms with Crippen LogP contribution in [0.5, 0.6) is 0 Å². The van der Waals surface area contributed by atoms with E-state index in [0.717, 1.165) is 99.7 Å². The van der Waals surface area contributed by atoms with Crippen LogP contribution in [0.25, 0.3) is 0 Å². The highest BCUT2D eigenvalue weighted by Gasteiger charge is 2.65. The Morgan fingerprint density at radius 2 is 0.423 bits per heavy atom. The van der Waals surface area contributed by atoms with Crippen LogP contribution in [-0.4, -0.2) is 633 Å². The van der Waals surface area contributed by atoms with Crippen LogP contribution in [0.15, 0.2) is 0 Å². The van der Waals surface area contributed by atoms with E-state index in [-0.39, 0.29) is 358 Å². The third kappa shape index (κ3) is 108. The Bertz CT molecular complexity index is 2500. The lowest BCUT2D eigenvalue weighted by Crippen LogP contribution is -2.66. The fourth-order valence-corrected chi connectivity index (χ4v) is 9.37. The van der Waals surface area contributed by atoms with Crippen molar-refractivity contribution in [2.45, 2.75) is 54.8 Å². The van der Waals surface area contributed by atoms with Crippen LogP contribution in [0.4, 0.5) is 0 Å². The molecule has 0 aromatic rings. The minimum Gasteiger partial charge on any atom is -0.412 e. The van der Waals surface area contributed by atoms with Crippen molar-refractivity contribution in [2.24, 2.45) is 0 Å². The SMILES string of the molecule is O.O.O.O.O.O.O.O.O.O.O.O.O.O.O.O.O.O.O.O.O.O.O.O.O.O.O.O.O.O.O.O.O.O.O.O.O.O.O.O.O=S(=O)([O][Al])OC[C@H]1O[C@@](COS(=O)(=O)[O][Al])(O[C@H]2O[C@H](COS(=O)(=O)[O][Al])[C@@H](OS(=O)(=O)[O][Al])[C@H](OS(=O)(=O)[O][Al])[C@H]2OS(=O)(=O)[O][Al])[C@@H](OS(=O)(=O)[O][Al])[C@@H]1OS(=O)(=O)[O][Al].[Al].[Al].[Al].[Al].[Al].[Al].[Al].[Al]. The standard InChI is InChI=1S/C12H22O35S8.16Al.40H2O/c13-48(14,15)37-1-4-6(43-51(22,23)24)8(45-53(28,29)30)9(46-54(31,32)33)11(40-4)42-12(3-39-50(19,20)21)10(47-55(34,35)36)7(44-52(25,26)27)5(41-12)2-38-49(16,17)18;;;;;;;;;;;;;;;;;;;;;;;;;;;;;;;;;;;;;;;;;;;;;;;;;;;;;;;;/h4-11H,1-3H2,(H,13,14,15)(H,16,17,18)(H,19,20,21)(H,22,23,24)(H,25,26,27)(H,28,29,30)(H,31,32,33)(H,34,35,36);;;;;;;;;;;;;;;;;40*1H2/q;;;;;;;;;8*+1;;;;;;;;;;;;;;;;;;;;;;;;;;;;;;;;;;;;;;;;/p-8/t4-,5-,6-,7-,8+,9-,10+,11-,12+;;;;;;;;;;;;;;;;;;;;;;;;;;;;;;;;;;;;;;;;;;;;;;;;;;;;;;;;/m1......................................................../s1. The Labute approximate surface area is 780 Å². The summed E-state index contributed by atoms with van der Waals surface area (Å²) in [6.45, 7) is -5.31. The second-order valence-corrected chi connectivity index (χ2v) is 24.6. The van der Waals surface area contributed by atoms with Gasteiger partial charge in [0.1, 0.15) is 37.1 Å². The zero-order valence-electron chi connectivity index (χ0n) is 54.0. The molecule has 75 nitrogen and oxygen atoms in total. The molecular weight excluding hydrogens is 2030 g/mol. The average molecular weight is 2130 g/mol. The fraction of sp³-hybridized carbons (Fsp3) is 1.00. The molecule has 40 radical (unpaired) electrons. The molecule has 2 aliphatic heterocycles. The molecule has 0 aliphatic carbocycles. The normalized spacial score (nSPS) is 16.0. The van der Waals surface area contributed by atoms with Gasteiger partial charge in [0.25, 0.3) is 0 Å². The van der Waals surface area contributed by atoms with Gasteiger partial charge < -0.3 is 259 Å². The van der Waals surface area contributed by atoms with Crippen LogP contribution in [0, 0.1) is 0 Å². The van der Waals surface area contributed by atoms with Gasteiger partial charge in [-0.05, 0) is 0 Å². The molecule has 0 unspecified atom stereocenters. The van der Waals surface area contributed by atoms with E-state index < -0.39 is 158 Å². The molecule has 2 saturated heterocycles. The molecular formula is C12H94Al16O75S8. The Morgan fingerprint density at radius 3 is 0.658 bits per heavy atom. The van der Waals surface area contributed by atoms with Gasteiger partial charge in [-0.1, -0.05) is 0 Å². The zero-order valence-corrected chi connectivity index (χ0v) is 79.0. The first-order chi connectivity index (χ1) is 28.7. The molecule has 80 N–H and O–H groups in total. The minimum atomic E-state index is -5.67. The van der Waals surface area contributed by atoms with Crippen molar-refractivity contribution in [1.29, 1.82) is 0 Å². The van der Waals surface area contributed by atoms with E-state index in [2.05, 4.69) is 38.4 Å². The minimum absolute atomic E-state index is 0. The summed E-state index contributed by atoms with van der Waals surface area (Å²) in [5, 5.41) is 0. The lowest BCUT2D eigenvalue weighted by Gasteiger charge is -2.46. The van der Waals surface area contributed by atoms with Crippen LogP contribution in [-0.2, 0) is 157 Å². The van der Waals surface area contributed by atoms with Gasteiger partial charge >= 0.3 is 216 Å². The van der Waals surface area contributed by atoms with E-state index in [1.54, 1.807) is 0 Å². The molecule has 99 heteroatoms. The highest BCUT2D eigenvalue weighted by molar-refractivity contribution is 7.84. The number of rotatable bonds is 29. The molecule has 2 fully saturated rings. The first-order valence-electron chi connectivity index (χ1n) is 14.1. The highest BCUT2D eigenvalue weighted by Crippen LogP contribution is 2.43. The molecule has 0 bridgehead atoms. The summed E-state index contributed by atoms with van der Waals surface area (Å²) in [7, 11) is -43.7. The van der Waals surface area contributed by atoms with Crippen molar-refractivity contribution in [3.05, 3.63) is 0 Å². The first kappa shape index (κ1) is 322.